The molecule has 1 amide bonds. The summed E-state index contributed by atoms with van der Waals surface area (Å²) < 4.78 is 20.3. The summed E-state index contributed by atoms with van der Waals surface area (Å²) in [5.41, 5.74) is 2.99. The van der Waals surface area contributed by atoms with E-state index < -0.39 is 0 Å². The Hall–Kier alpha value is -2.80. The van der Waals surface area contributed by atoms with Gasteiger partial charge in [-0.25, -0.2) is 14.4 Å². The van der Waals surface area contributed by atoms with Crippen molar-refractivity contribution in [1.82, 2.24) is 19.7 Å². The normalized spacial score (nSPS) is 15.1. The number of amides is 1. The number of methoxy groups -OCH3 is 1. The number of nitrogens with zero attached hydrogens (tertiary/aromatic N) is 3. The van der Waals surface area contributed by atoms with Crippen LogP contribution < -0.4 is 5.32 Å². The molecular weight excluding hydrogens is 347 g/mol. The first-order valence-electron chi connectivity index (χ1n) is 8.99. The lowest BCUT2D eigenvalue weighted by atomic mass is 10.1. The maximum absolute atomic E-state index is 13.3. The van der Waals surface area contributed by atoms with Gasteiger partial charge in [-0.05, 0) is 61.6 Å². The highest BCUT2D eigenvalue weighted by atomic mass is 19.1. The molecule has 27 heavy (non-hydrogen) atoms. The largest absolute Gasteiger partial charge is 0.378 e. The average Bonchev–Trinajstić information content (AvgIpc) is 3.42. The minimum absolute atomic E-state index is 0.118. The fourth-order valence-electron chi connectivity index (χ4n) is 3.24. The van der Waals surface area contributed by atoms with Crippen LogP contribution in [0.3, 0.4) is 0 Å². The number of carbonyl (C=O) groups is 1. The van der Waals surface area contributed by atoms with E-state index >= 15 is 0 Å². The standard InChI is InChI=1S/C20H21FN4O2/c1-12(13-3-4-13)23-20(26)18-19-24-16(10-27-2)9-17(25(19)11-22-18)14-5-7-15(21)8-6-14/h5-9,11-13H,3-4,10H2,1-2H3,(H,23,26)/t12-/m0/s1. The molecule has 3 aromatic rings. The number of rotatable bonds is 6. The molecule has 1 aliphatic rings. The maximum Gasteiger partial charge on any atom is 0.274 e. The Kier molecular flexibility index (Phi) is 4.61. The van der Waals surface area contributed by atoms with Gasteiger partial charge in [0, 0.05) is 13.2 Å². The van der Waals surface area contributed by atoms with Crippen molar-refractivity contribution in [2.24, 2.45) is 5.92 Å². The number of aromatic nitrogens is 3. The number of hydrogen-bond donors (Lipinski definition) is 1. The second-order valence-corrected chi connectivity index (χ2v) is 6.96. The minimum Gasteiger partial charge on any atom is -0.378 e. The molecule has 1 aliphatic carbocycles. The van der Waals surface area contributed by atoms with Gasteiger partial charge in [-0.3, -0.25) is 9.20 Å². The Morgan fingerprint density at radius 3 is 2.78 bits per heavy atom. The van der Waals surface area contributed by atoms with Crippen molar-refractivity contribution < 1.29 is 13.9 Å². The van der Waals surface area contributed by atoms with Crippen LogP contribution in [0.2, 0.25) is 0 Å². The predicted molar refractivity (Wildman–Crippen MR) is 98.7 cm³/mol. The van der Waals surface area contributed by atoms with E-state index in [-0.39, 0.29) is 23.5 Å². The van der Waals surface area contributed by atoms with Gasteiger partial charge in [-0.1, -0.05) is 0 Å². The lowest BCUT2D eigenvalue weighted by molar-refractivity contribution is 0.0932. The summed E-state index contributed by atoms with van der Waals surface area (Å²) in [5, 5.41) is 3.02. The van der Waals surface area contributed by atoms with E-state index in [4.69, 9.17) is 4.74 Å². The Morgan fingerprint density at radius 2 is 2.11 bits per heavy atom. The van der Waals surface area contributed by atoms with E-state index in [1.165, 1.54) is 12.1 Å². The van der Waals surface area contributed by atoms with Crippen LogP contribution in [0, 0.1) is 11.7 Å². The lowest BCUT2D eigenvalue weighted by Crippen LogP contribution is -2.34. The molecule has 0 spiro atoms. The van der Waals surface area contributed by atoms with Crippen molar-refractivity contribution in [3.63, 3.8) is 0 Å². The summed E-state index contributed by atoms with van der Waals surface area (Å²) in [6, 6.07) is 8.16. The predicted octanol–water partition coefficient (Wildman–Crippen LogP) is 3.21. The van der Waals surface area contributed by atoms with Crippen LogP contribution in [0.5, 0.6) is 0 Å². The van der Waals surface area contributed by atoms with Gasteiger partial charge in [0.05, 0.1) is 18.0 Å². The van der Waals surface area contributed by atoms with Crippen molar-refractivity contribution in [2.45, 2.75) is 32.4 Å². The fraction of sp³-hybridized carbons (Fsp3) is 0.350. The first-order chi connectivity index (χ1) is 13.1. The number of benzene rings is 1. The monoisotopic (exact) mass is 368 g/mol. The molecule has 4 rings (SSSR count). The zero-order valence-electron chi connectivity index (χ0n) is 15.3. The maximum atomic E-state index is 13.3. The molecule has 0 unspecified atom stereocenters. The number of hydrogen-bond acceptors (Lipinski definition) is 4. The Labute approximate surface area is 156 Å². The van der Waals surface area contributed by atoms with Crippen molar-refractivity contribution in [2.75, 3.05) is 7.11 Å². The van der Waals surface area contributed by atoms with Gasteiger partial charge in [-0.15, -0.1) is 0 Å². The van der Waals surface area contributed by atoms with Crippen LogP contribution in [0.4, 0.5) is 4.39 Å². The summed E-state index contributed by atoms with van der Waals surface area (Å²) in [7, 11) is 1.59. The first-order valence-corrected chi connectivity index (χ1v) is 8.99. The van der Waals surface area contributed by atoms with Crippen molar-refractivity contribution in [3.8, 4) is 11.3 Å². The molecule has 0 aliphatic heterocycles. The minimum atomic E-state index is -0.305. The fourth-order valence-corrected chi connectivity index (χ4v) is 3.24. The number of halogens is 1. The second-order valence-electron chi connectivity index (χ2n) is 6.96. The number of carbonyl (C=O) groups excluding carboxylic acids is 1. The summed E-state index contributed by atoms with van der Waals surface area (Å²) >= 11 is 0. The highest BCUT2D eigenvalue weighted by Gasteiger charge is 2.30. The highest BCUT2D eigenvalue weighted by molar-refractivity contribution is 5.98. The number of ether oxygens (including phenoxy) is 1. The Bertz CT molecular complexity index is 980. The molecule has 0 radical (unpaired) electrons. The topological polar surface area (TPSA) is 68.5 Å². The molecular formula is C20H21FN4O2. The molecule has 1 fully saturated rings. The molecule has 2 aromatic heterocycles. The summed E-state index contributed by atoms with van der Waals surface area (Å²) in [6.45, 7) is 2.32. The zero-order valence-corrected chi connectivity index (χ0v) is 15.3. The van der Waals surface area contributed by atoms with E-state index in [2.05, 4.69) is 15.3 Å². The highest BCUT2D eigenvalue weighted by Crippen LogP contribution is 2.32. The molecule has 0 bridgehead atoms. The molecule has 1 saturated carbocycles. The summed E-state index contributed by atoms with van der Waals surface area (Å²) in [4.78, 5) is 21.6. The zero-order chi connectivity index (χ0) is 19.0. The van der Waals surface area contributed by atoms with Crippen LogP contribution >= 0.6 is 0 Å². The second kappa shape index (κ2) is 7.08. The van der Waals surface area contributed by atoms with Crippen LogP contribution in [0.25, 0.3) is 16.9 Å². The molecule has 1 atom stereocenters. The molecule has 0 saturated heterocycles. The lowest BCUT2D eigenvalue weighted by Gasteiger charge is -2.12. The van der Waals surface area contributed by atoms with Gasteiger partial charge in [-0.2, -0.15) is 0 Å². The van der Waals surface area contributed by atoms with Gasteiger partial charge in [0.15, 0.2) is 11.3 Å². The molecule has 6 nitrogen and oxygen atoms in total. The Balaban J connectivity index is 1.78. The van der Waals surface area contributed by atoms with Crippen molar-refractivity contribution >= 4 is 11.6 Å². The molecule has 1 N–H and O–H groups in total. The third-order valence-corrected chi connectivity index (χ3v) is 4.89. The number of nitrogens with one attached hydrogen (secondary N) is 1. The average molecular weight is 368 g/mol. The van der Waals surface area contributed by atoms with E-state index in [0.29, 0.717) is 23.9 Å². The Morgan fingerprint density at radius 1 is 1.37 bits per heavy atom. The van der Waals surface area contributed by atoms with Crippen LogP contribution in [-0.4, -0.2) is 33.4 Å². The van der Waals surface area contributed by atoms with Gasteiger partial charge >= 0.3 is 0 Å². The van der Waals surface area contributed by atoms with Gasteiger partial charge in [0.2, 0.25) is 0 Å². The first kappa shape index (κ1) is 17.6. The van der Waals surface area contributed by atoms with Gasteiger partial charge in [0.1, 0.15) is 12.1 Å². The smallest absolute Gasteiger partial charge is 0.274 e. The van der Waals surface area contributed by atoms with E-state index in [1.807, 2.05) is 13.0 Å². The van der Waals surface area contributed by atoms with Crippen LogP contribution in [-0.2, 0) is 11.3 Å². The summed E-state index contributed by atoms with van der Waals surface area (Å²) in [6.07, 6.45) is 3.88. The van der Waals surface area contributed by atoms with Crippen LogP contribution in [0.15, 0.2) is 36.7 Å². The molecule has 7 heteroatoms. The number of imidazole rings is 1. The molecule has 140 valence electrons. The van der Waals surface area contributed by atoms with E-state index in [1.54, 1.807) is 30.0 Å². The summed E-state index contributed by atoms with van der Waals surface area (Å²) in [5.74, 6) is 0.0135. The van der Waals surface area contributed by atoms with Crippen molar-refractivity contribution in [3.05, 3.63) is 53.9 Å². The SMILES string of the molecule is COCc1cc(-c2ccc(F)cc2)n2cnc(C(=O)N[C@@H](C)C3CC3)c2n1. The van der Waals surface area contributed by atoms with Crippen molar-refractivity contribution in [1.29, 1.82) is 0 Å². The quantitative estimate of drug-likeness (QED) is 0.725. The third-order valence-electron chi connectivity index (χ3n) is 4.89. The van der Waals surface area contributed by atoms with Gasteiger partial charge in [0.25, 0.3) is 5.91 Å². The van der Waals surface area contributed by atoms with E-state index in [0.717, 1.165) is 24.1 Å². The molecule has 2 heterocycles. The van der Waals surface area contributed by atoms with Gasteiger partial charge < -0.3 is 10.1 Å². The third kappa shape index (κ3) is 3.55. The van der Waals surface area contributed by atoms with Crippen LogP contribution in [0.1, 0.15) is 35.9 Å². The van der Waals surface area contributed by atoms with E-state index in [9.17, 15) is 9.18 Å². The molecule has 1 aromatic carbocycles. The number of fused-ring (bicyclic) bond motifs is 1.